The predicted molar refractivity (Wildman–Crippen MR) is 202 cm³/mol. The van der Waals surface area contributed by atoms with E-state index in [0.29, 0.717) is 0 Å². The second-order valence-corrected chi connectivity index (χ2v) is 14.6. The summed E-state index contributed by atoms with van der Waals surface area (Å²) in [5.41, 5.74) is 11.0. The minimum absolute atomic E-state index is 0.0802. The third-order valence-corrected chi connectivity index (χ3v) is 10.6. The lowest BCUT2D eigenvalue weighted by Gasteiger charge is -2.30. The van der Waals surface area contributed by atoms with E-state index in [2.05, 4.69) is 69.4 Å². The molecule has 2 saturated carbocycles. The molecule has 2 aromatic heterocycles. The van der Waals surface area contributed by atoms with Crippen molar-refractivity contribution in [3.8, 4) is 33.6 Å². The van der Waals surface area contributed by atoms with Crippen LogP contribution in [0.2, 0.25) is 0 Å². The van der Waals surface area contributed by atoms with Gasteiger partial charge < -0.3 is 19.4 Å². The Morgan fingerprint density at radius 1 is 0.611 bits per heavy atom. The minimum Gasteiger partial charge on any atom is -0.452 e. The van der Waals surface area contributed by atoms with Crippen LogP contribution in [0.1, 0.15) is 89.7 Å². The molecule has 0 unspecified atom stereocenters. The molecule has 0 saturated heterocycles. The van der Waals surface area contributed by atoms with Gasteiger partial charge in [-0.1, -0.05) is 61.4 Å². The highest BCUT2D eigenvalue weighted by Gasteiger charge is 2.41. The van der Waals surface area contributed by atoms with Crippen LogP contribution in [-0.4, -0.2) is 80.3 Å². The number of hydrazine groups is 2. The highest BCUT2D eigenvalue weighted by atomic mass is 16.5. The van der Waals surface area contributed by atoms with Gasteiger partial charge in [-0.25, -0.2) is 40.4 Å². The van der Waals surface area contributed by atoms with E-state index in [1.807, 2.05) is 40.1 Å². The van der Waals surface area contributed by atoms with Crippen LogP contribution in [0.3, 0.4) is 0 Å². The number of methoxy groups -OCH3 is 2. The number of nitrogens with zero attached hydrogens (tertiary/aromatic N) is 4. The number of hydrogen-bond donors (Lipinski definition) is 4. The summed E-state index contributed by atoms with van der Waals surface area (Å²) < 4.78 is 9.45. The van der Waals surface area contributed by atoms with E-state index in [0.717, 1.165) is 83.8 Å². The maximum Gasteiger partial charge on any atom is 0.425 e. The van der Waals surface area contributed by atoms with Crippen molar-refractivity contribution in [3.63, 3.8) is 0 Å². The first-order valence-electron chi connectivity index (χ1n) is 18.6. The van der Waals surface area contributed by atoms with Crippen LogP contribution in [-0.2, 0) is 19.1 Å². The molecule has 14 nitrogen and oxygen atoms in total. The summed E-state index contributed by atoms with van der Waals surface area (Å²) in [4.78, 5) is 67.2. The van der Waals surface area contributed by atoms with Gasteiger partial charge in [0.1, 0.15) is 11.6 Å². The van der Waals surface area contributed by atoms with Gasteiger partial charge in [0.15, 0.2) is 0 Å². The number of amides is 4. The quantitative estimate of drug-likeness (QED) is 0.134. The summed E-state index contributed by atoms with van der Waals surface area (Å²) in [7, 11) is 2.55. The first-order valence-corrected chi connectivity index (χ1v) is 18.6. The lowest BCUT2D eigenvalue weighted by Crippen LogP contribution is -2.52. The van der Waals surface area contributed by atoms with Gasteiger partial charge in [0.25, 0.3) is 0 Å². The van der Waals surface area contributed by atoms with Crippen LogP contribution in [0.15, 0.2) is 60.9 Å². The fourth-order valence-corrected chi connectivity index (χ4v) is 7.72. The number of carbonyl (C=O) groups is 4. The van der Waals surface area contributed by atoms with Gasteiger partial charge in [0.05, 0.1) is 38.0 Å². The molecule has 6 rings (SSSR count). The number of ether oxygens (including phenoxy) is 2. The van der Waals surface area contributed by atoms with E-state index in [1.165, 1.54) is 24.2 Å². The monoisotopic (exact) mass is 738 g/mol. The average Bonchev–Trinajstić information content (AvgIpc) is 4.02. The lowest BCUT2D eigenvalue weighted by atomic mass is 9.94. The Morgan fingerprint density at radius 3 is 1.30 bits per heavy atom. The van der Waals surface area contributed by atoms with Crippen molar-refractivity contribution >= 4 is 24.0 Å². The first-order chi connectivity index (χ1) is 26.0. The van der Waals surface area contributed by atoms with E-state index in [4.69, 9.17) is 19.4 Å². The van der Waals surface area contributed by atoms with Crippen LogP contribution in [0.25, 0.3) is 33.6 Å². The average molecular weight is 739 g/mol. The Labute approximate surface area is 315 Å². The third kappa shape index (κ3) is 8.12. The fourth-order valence-electron chi connectivity index (χ4n) is 7.72. The van der Waals surface area contributed by atoms with Crippen molar-refractivity contribution in [1.82, 2.24) is 40.8 Å². The van der Waals surface area contributed by atoms with Crippen molar-refractivity contribution in [2.75, 3.05) is 14.2 Å². The Balaban J connectivity index is 1.11. The molecule has 0 aliphatic heterocycles. The van der Waals surface area contributed by atoms with Gasteiger partial charge in [0.2, 0.25) is 11.8 Å². The lowest BCUT2D eigenvalue weighted by molar-refractivity contribution is -0.141. The zero-order valence-corrected chi connectivity index (χ0v) is 31.7. The topological polar surface area (TPSA) is 175 Å². The normalized spacial score (nSPS) is 19.5. The molecule has 4 aromatic rings. The smallest absolute Gasteiger partial charge is 0.425 e. The number of aromatic nitrogens is 4. The van der Waals surface area contributed by atoms with Crippen LogP contribution in [0.4, 0.5) is 9.59 Å². The summed E-state index contributed by atoms with van der Waals surface area (Å²) in [6.07, 6.45) is 7.17. The van der Waals surface area contributed by atoms with E-state index >= 15 is 0 Å². The Morgan fingerprint density at radius 2 is 0.963 bits per heavy atom. The molecule has 54 heavy (non-hydrogen) atoms. The maximum absolute atomic E-state index is 13.5. The second kappa shape index (κ2) is 16.6. The number of carbonyl (C=O) groups excluding carboxylic acids is 4. The Bertz CT molecular complexity index is 1800. The molecule has 286 valence electrons. The zero-order chi connectivity index (χ0) is 38.5. The van der Waals surface area contributed by atoms with Gasteiger partial charge >= 0.3 is 12.2 Å². The van der Waals surface area contributed by atoms with Crippen LogP contribution in [0, 0.1) is 11.8 Å². The molecule has 2 heterocycles. The number of aromatic amines is 2. The van der Waals surface area contributed by atoms with Crippen LogP contribution >= 0.6 is 0 Å². The highest BCUT2D eigenvalue weighted by molar-refractivity contribution is 5.83. The van der Waals surface area contributed by atoms with Crippen LogP contribution in [0.5, 0.6) is 0 Å². The van der Waals surface area contributed by atoms with Crippen molar-refractivity contribution in [2.45, 2.75) is 90.1 Å². The molecule has 0 radical (unpaired) electrons. The van der Waals surface area contributed by atoms with Crippen molar-refractivity contribution in [3.05, 3.63) is 72.6 Å². The zero-order valence-electron chi connectivity index (χ0n) is 31.7. The summed E-state index contributed by atoms with van der Waals surface area (Å²) in [6.45, 7) is 7.41. The largest absolute Gasteiger partial charge is 0.452 e. The number of hydrogen-bond acceptors (Lipinski definition) is 8. The molecule has 0 spiro atoms. The Kier molecular flexibility index (Phi) is 11.7. The standard InChI is InChI=1S/C40H50N8O6/c1-23(2)47(45-39(51)53-5)37(49)31-11-7-9-29(31)35-41-21-33(43-35)27-17-13-25(14-18-27)26-15-19-28(20-16-26)34-22-42-36(44-34)30-10-8-12-32(30)38(50)48(24(3)4)46-40(52)54-6/h13-24,29-32H,7-12H2,1-6H3,(H,41,43)(H,42,44)(H,45,51)(H,46,52)/t29-,30-,31-,32-/m1/s1. The molecule has 2 aromatic carbocycles. The minimum atomic E-state index is -0.672. The summed E-state index contributed by atoms with van der Waals surface area (Å²) in [5, 5.41) is 2.73. The molecule has 2 aliphatic carbocycles. The molecule has 2 fully saturated rings. The highest BCUT2D eigenvalue weighted by Crippen LogP contribution is 2.41. The van der Waals surface area contributed by atoms with Crippen LogP contribution < -0.4 is 10.9 Å². The van der Waals surface area contributed by atoms with Gasteiger partial charge in [-0.3, -0.25) is 9.59 Å². The number of rotatable bonds is 9. The van der Waals surface area contributed by atoms with Gasteiger partial charge in [-0.05, 0) is 75.6 Å². The van der Waals surface area contributed by atoms with Gasteiger partial charge in [-0.15, -0.1) is 0 Å². The van der Waals surface area contributed by atoms with Gasteiger partial charge in [0, 0.05) is 35.8 Å². The molecule has 4 amide bonds. The molecule has 0 bridgehead atoms. The molecule has 4 N–H and O–H groups in total. The molecule has 4 atom stereocenters. The summed E-state index contributed by atoms with van der Waals surface area (Å²) in [5.74, 6) is 0.495. The second-order valence-electron chi connectivity index (χ2n) is 14.6. The molecular formula is C40H50N8O6. The van der Waals surface area contributed by atoms with E-state index < -0.39 is 12.2 Å². The van der Waals surface area contributed by atoms with E-state index in [-0.39, 0.29) is 47.6 Å². The number of imidazole rings is 2. The SMILES string of the molecule is COC(=O)NN(C(=O)[C@@H]1CCC[C@H]1c1ncc(-c2ccc(-c3ccc(-c4cnc([C@@H]5CCC[C@H]5C(=O)N(NC(=O)OC)C(C)C)[nH]4)cc3)cc2)[nH]1)C(C)C. The first kappa shape index (κ1) is 38.1. The van der Waals surface area contributed by atoms with Crippen molar-refractivity contribution in [2.24, 2.45) is 11.8 Å². The fraction of sp³-hybridized carbons (Fsp3) is 0.450. The summed E-state index contributed by atoms with van der Waals surface area (Å²) >= 11 is 0. The van der Waals surface area contributed by atoms with Crippen molar-refractivity contribution < 1.29 is 28.7 Å². The van der Waals surface area contributed by atoms with Crippen molar-refractivity contribution in [1.29, 1.82) is 0 Å². The van der Waals surface area contributed by atoms with E-state index in [9.17, 15) is 19.2 Å². The number of benzene rings is 2. The maximum atomic E-state index is 13.5. The van der Waals surface area contributed by atoms with Gasteiger partial charge in [-0.2, -0.15) is 0 Å². The van der Waals surface area contributed by atoms with E-state index in [1.54, 1.807) is 0 Å². The molecule has 14 heteroatoms. The number of H-pyrrole nitrogens is 2. The number of nitrogens with one attached hydrogen (secondary N) is 4. The predicted octanol–water partition coefficient (Wildman–Crippen LogP) is 6.92. The molecule has 2 aliphatic rings. The third-order valence-electron chi connectivity index (χ3n) is 10.6. The molecular weight excluding hydrogens is 688 g/mol. The Hall–Kier alpha value is -5.66. The summed E-state index contributed by atoms with van der Waals surface area (Å²) in [6, 6.07) is 16.1.